The average molecular weight is 192 g/mol. The van der Waals surface area contributed by atoms with Gasteiger partial charge in [0.2, 0.25) is 0 Å². The Bertz CT molecular complexity index is 235. The van der Waals surface area contributed by atoms with Crippen LogP contribution in [0.25, 0.3) is 0 Å². The second-order valence-electron chi connectivity index (χ2n) is 3.91. The van der Waals surface area contributed by atoms with Crippen LogP contribution in [0.15, 0.2) is 36.7 Å². The summed E-state index contributed by atoms with van der Waals surface area (Å²) in [4.78, 5) is 0. The Kier molecular flexibility index (Phi) is 4.30. The average Bonchev–Trinajstić information content (AvgIpc) is 2.16. The summed E-state index contributed by atoms with van der Waals surface area (Å²) in [5, 5.41) is 3.40. The Hall–Kier alpha value is -1.18. The first-order chi connectivity index (χ1) is 6.68. The van der Waals surface area contributed by atoms with Gasteiger partial charge in [-0.05, 0) is 25.0 Å². The predicted molar refractivity (Wildman–Crippen MR) is 61.6 cm³/mol. The smallest absolute Gasteiger partial charge is 0.0269 e. The summed E-state index contributed by atoms with van der Waals surface area (Å²) in [6, 6.07) is 0.604. The number of hydrogen-bond acceptors (Lipinski definition) is 2. The van der Waals surface area contributed by atoms with Gasteiger partial charge < -0.3 is 11.1 Å². The van der Waals surface area contributed by atoms with Gasteiger partial charge in [0.1, 0.15) is 0 Å². The molecule has 3 N–H and O–H groups in total. The second kappa shape index (κ2) is 5.53. The van der Waals surface area contributed by atoms with E-state index in [9.17, 15) is 0 Å². The lowest BCUT2D eigenvalue weighted by atomic mass is 9.95. The van der Waals surface area contributed by atoms with E-state index in [-0.39, 0.29) is 0 Å². The number of rotatable bonds is 4. The Morgan fingerprint density at radius 1 is 1.14 bits per heavy atom. The highest BCUT2D eigenvalue weighted by Crippen LogP contribution is 2.18. The summed E-state index contributed by atoms with van der Waals surface area (Å²) in [5.41, 5.74) is 6.92. The molecule has 0 aromatic rings. The van der Waals surface area contributed by atoms with Gasteiger partial charge in [0.15, 0.2) is 0 Å². The van der Waals surface area contributed by atoms with Crippen LogP contribution >= 0.6 is 0 Å². The first kappa shape index (κ1) is 10.9. The molecule has 0 radical (unpaired) electrons. The zero-order chi connectivity index (χ0) is 10.4. The van der Waals surface area contributed by atoms with Gasteiger partial charge in [-0.25, -0.2) is 0 Å². The van der Waals surface area contributed by atoms with Crippen molar-refractivity contribution in [2.24, 2.45) is 5.73 Å². The normalized spacial score (nSPS) is 18.3. The molecule has 1 rings (SSSR count). The molecule has 0 spiro atoms. The monoisotopic (exact) mass is 192 g/mol. The largest absolute Gasteiger partial charge is 0.399 e. The summed E-state index contributed by atoms with van der Waals surface area (Å²) in [7, 11) is 0. The Morgan fingerprint density at radius 3 is 2.36 bits per heavy atom. The van der Waals surface area contributed by atoms with Crippen molar-refractivity contribution in [1.82, 2.24) is 5.32 Å². The molecule has 0 atom stereocenters. The molecule has 2 heteroatoms. The topological polar surface area (TPSA) is 38.0 Å². The summed E-state index contributed by atoms with van der Waals surface area (Å²) in [6.45, 7) is 7.52. The van der Waals surface area contributed by atoms with Crippen LogP contribution in [0.3, 0.4) is 0 Å². The SMILES string of the molecule is C=C(N)/C=C\C(=C)NC1CCCCC1. The molecule has 1 saturated carbocycles. The summed E-state index contributed by atoms with van der Waals surface area (Å²) in [5.74, 6) is 0. The van der Waals surface area contributed by atoms with Gasteiger partial charge in [0.05, 0.1) is 0 Å². The van der Waals surface area contributed by atoms with E-state index in [1.807, 2.05) is 6.08 Å². The lowest BCUT2D eigenvalue weighted by molar-refractivity contribution is 0.399. The molecular weight excluding hydrogens is 172 g/mol. The zero-order valence-electron chi connectivity index (χ0n) is 8.76. The van der Waals surface area contributed by atoms with E-state index >= 15 is 0 Å². The first-order valence-electron chi connectivity index (χ1n) is 5.26. The predicted octanol–water partition coefficient (Wildman–Crippen LogP) is 2.45. The third-order valence-electron chi connectivity index (χ3n) is 2.49. The highest BCUT2D eigenvalue weighted by molar-refractivity contribution is 5.21. The number of allylic oxidation sites excluding steroid dienone is 2. The molecule has 0 aromatic carbocycles. The standard InChI is InChI=1S/C12H20N2/c1-10(13)8-9-11(2)14-12-6-4-3-5-7-12/h8-9,12,14H,1-7,13H2/b9-8-. The molecule has 0 heterocycles. The number of nitrogens with two attached hydrogens (primary N) is 1. The molecule has 0 saturated heterocycles. The van der Waals surface area contributed by atoms with Gasteiger partial charge in [-0.15, -0.1) is 0 Å². The van der Waals surface area contributed by atoms with Crippen molar-refractivity contribution in [1.29, 1.82) is 0 Å². The first-order valence-corrected chi connectivity index (χ1v) is 5.26. The maximum Gasteiger partial charge on any atom is 0.0269 e. The third-order valence-corrected chi connectivity index (χ3v) is 2.49. The molecule has 0 amide bonds. The molecule has 1 aliphatic rings. The molecule has 0 aromatic heterocycles. The fraction of sp³-hybridized carbons (Fsp3) is 0.500. The highest BCUT2D eigenvalue weighted by Gasteiger charge is 2.11. The van der Waals surface area contributed by atoms with Crippen LogP contribution < -0.4 is 11.1 Å². The number of hydrogen-bond donors (Lipinski definition) is 2. The van der Waals surface area contributed by atoms with Crippen molar-refractivity contribution >= 4 is 0 Å². The van der Waals surface area contributed by atoms with Gasteiger partial charge >= 0.3 is 0 Å². The molecule has 78 valence electrons. The van der Waals surface area contributed by atoms with Crippen molar-refractivity contribution in [3.05, 3.63) is 36.7 Å². The van der Waals surface area contributed by atoms with Gasteiger partial charge in [-0.1, -0.05) is 32.4 Å². The fourth-order valence-corrected chi connectivity index (χ4v) is 1.76. The van der Waals surface area contributed by atoms with E-state index in [1.165, 1.54) is 32.1 Å². The molecule has 2 nitrogen and oxygen atoms in total. The lowest BCUT2D eigenvalue weighted by Crippen LogP contribution is -2.29. The number of nitrogens with one attached hydrogen (secondary N) is 1. The summed E-state index contributed by atoms with van der Waals surface area (Å²) >= 11 is 0. The van der Waals surface area contributed by atoms with E-state index in [1.54, 1.807) is 6.08 Å². The zero-order valence-corrected chi connectivity index (χ0v) is 8.76. The van der Waals surface area contributed by atoms with Crippen LogP contribution in [0.4, 0.5) is 0 Å². The van der Waals surface area contributed by atoms with Gasteiger partial charge in [-0.2, -0.15) is 0 Å². The van der Waals surface area contributed by atoms with E-state index in [2.05, 4.69) is 18.5 Å². The van der Waals surface area contributed by atoms with Gasteiger partial charge in [0, 0.05) is 17.4 Å². The van der Waals surface area contributed by atoms with Crippen LogP contribution in [0.5, 0.6) is 0 Å². The molecule has 14 heavy (non-hydrogen) atoms. The third kappa shape index (κ3) is 4.17. The fourth-order valence-electron chi connectivity index (χ4n) is 1.76. The maximum atomic E-state index is 5.42. The molecule has 0 aliphatic heterocycles. The lowest BCUT2D eigenvalue weighted by Gasteiger charge is -2.23. The van der Waals surface area contributed by atoms with Crippen LogP contribution in [0.1, 0.15) is 32.1 Å². The van der Waals surface area contributed by atoms with Crippen molar-refractivity contribution in [3.8, 4) is 0 Å². The van der Waals surface area contributed by atoms with Crippen LogP contribution in [-0.4, -0.2) is 6.04 Å². The van der Waals surface area contributed by atoms with E-state index in [0.29, 0.717) is 11.7 Å². The summed E-state index contributed by atoms with van der Waals surface area (Å²) < 4.78 is 0. The quantitative estimate of drug-likeness (QED) is 0.671. The van der Waals surface area contributed by atoms with Crippen LogP contribution in [0, 0.1) is 0 Å². The minimum absolute atomic E-state index is 0.566. The Balaban J connectivity index is 2.28. The summed E-state index contributed by atoms with van der Waals surface area (Å²) in [6.07, 6.45) is 10.2. The Morgan fingerprint density at radius 2 is 1.79 bits per heavy atom. The minimum atomic E-state index is 0.566. The van der Waals surface area contributed by atoms with Crippen LogP contribution in [0.2, 0.25) is 0 Å². The van der Waals surface area contributed by atoms with E-state index < -0.39 is 0 Å². The molecule has 1 fully saturated rings. The molecule has 1 aliphatic carbocycles. The van der Waals surface area contributed by atoms with E-state index in [4.69, 9.17) is 5.73 Å². The highest BCUT2D eigenvalue weighted by atomic mass is 14.9. The van der Waals surface area contributed by atoms with Crippen LogP contribution in [-0.2, 0) is 0 Å². The molecule has 0 unspecified atom stereocenters. The van der Waals surface area contributed by atoms with Crippen molar-refractivity contribution in [2.75, 3.05) is 0 Å². The molecular formula is C12H20N2. The van der Waals surface area contributed by atoms with E-state index in [0.717, 1.165) is 5.70 Å². The molecule has 0 bridgehead atoms. The van der Waals surface area contributed by atoms with Crippen molar-refractivity contribution in [2.45, 2.75) is 38.1 Å². The van der Waals surface area contributed by atoms with Gasteiger partial charge in [-0.3, -0.25) is 0 Å². The van der Waals surface area contributed by atoms with Crippen molar-refractivity contribution < 1.29 is 0 Å². The second-order valence-corrected chi connectivity index (χ2v) is 3.91. The minimum Gasteiger partial charge on any atom is -0.399 e. The van der Waals surface area contributed by atoms with Crippen molar-refractivity contribution in [3.63, 3.8) is 0 Å². The van der Waals surface area contributed by atoms with Gasteiger partial charge in [0.25, 0.3) is 0 Å². The Labute approximate surface area is 86.6 Å². The maximum absolute atomic E-state index is 5.42.